The summed E-state index contributed by atoms with van der Waals surface area (Å²) >= 11 is 0. The Morgan fingerprint density at radius 3 is 2.70 bits per heavy atom. The highest BCUT2D eigenvalue weighted by molar-refractivity contribution is 5.88. The van der Waals surface area contributed by atoms with Gasteiger partial charge in [0.25, 0.3) is 5.56 Å². The van der Waals surface area contributed by atoms with Gasteiger partial charge in [0.05, 0.1) is 28.5 Å². The van der Waals surface area contributed by atoms with Crippen LogP contribution < -0.4 is 5.56 Å². The number of fused-ring (bicyclic) bond motifs is 1. The first-order valence-corrected chi connectivity index (χ1v) is 9.92. The first-order chi connectivity index (χ1) is 13.1. The Morgan fingerprint density at radius 1 is 1.00 bits per heavy atom. The van der Waals surface area contributed by atoms with E-state index < -0.39 is 0 Å². The predicted molar refractivity (Wildman–Crippen MR) is 109 cm³/mol. The van der Waals surface area contributed by atoms with Crippen LogP contribution in [-0.4, -0.2) is 19.4 Å². The van der Waals surface area contributed by atoms with Crippen LogP contribution in [0.4, 0.5) is 0 Å². The van der Waals surface area contributed by atoms with E-state index in [9.17, 15) is 4.79 Å². The van der Waals surface area contributed by atoms with Crippen LogP contribution in [0, 0.1) is 0 Å². The highest BCUT2D eigenvalue weighted by Gasteiger charge is 2.20. The standard InChI is InChI=1S/C22H26N4O/c1-16(2)26-20(27)14-13-18(23-26)21-19-12-8-9-15-25(19)24-22(21)17-10-6-4-3-5-7-11-17/h8-10,12-16H,3-7,11H2,1-2H3/b17-10+. The van der Waals surface area contributed by atoms with Crippen molar-refractivity contribution in [3.05, 3.63) is 58.7 Å². The number of hydrogen-bond donors (Lipinski definition) is 0. The molecule has 3 heterocycles. The van der Waals surface area contributed by atoms with E-state index in [4.69, 9.17) is 5.10 Å². The zero-order valence-corrected chi connectivity index (χ0v) is 16.1. The molecule has 1 aliphatic carbocycles. The molecule has 0 unspecified atom stereocenters. The van der Waals surface area contributed by atoms with Crippen LogP contribution in [-0.2, 0) is 0 Å². The topological polar surface area (TPSA) is 52.2 Å². The maximum absolute atomic E-state index is 12.2. The molecule has 0 aromatic carbocycles. The summed E-state index contributed by atoms with van der Waals surface area (Å²) in [4.78, 5) is 12.2. The molecular weight excluding hydrogens is 336 g/mol. The minimum atomic E-state index is -0.0723. The van der Waals surface area contributed by atoms with Crippen molar-refractivity contribution in [2.24, 2.45) is 0 Å². The largest absolute Gasteiger partial charge is 0.268 e. The lowest BCUT2D eigenvalue weighted by atomic mass is 9.95. The molecule has 27 heavy (non-hydrogen) atoms. The van der Waals surface area contributed by atoms with E-state index in [0.717, 1.165) is 35.3 Å². The number of rotatable bonds is 3. The minimum absolute atomic E-state index is 0.0170. The molecule has 0 saturated carbocycles. The van der Waals surface area contributed by atoms with Gasteiger partial charge in [-0.2, -0.15) is 10.2 Å². The monoisotopic (exact) mass is 362 g/mol. The van der Waals surface area contributed by atoms with Gasteiger partial charge in [0, 0.05) is 12.3 Å². The molecule has 0 amide bonds. The number of hydrogen-bond acceptors (Lipinski definition) is 3. The van der Waals surface area contributed by atoms with Crippen molar-refractivity contribution < 1.29 is 0 Å². The minimum Gasteiger partial charge on any atom is -0.268 e. The number of aromatic nitrogens is 4. The molecule has 0 fully saturated rings. The number of allylic oxidation sites excluding steroid dienone is 2. The van der Waals surface area contributed by atoms with Gasteiger partial charge in [0.15, 0.2) is 0 Å². The van der Waals surface area contributed by atoms with Crippen LogP contribution >= 0.6 is 0 Å². The van der Waals surface area contributed by atoms with E-state index >= 15 is 0 Å². The van der Waals surface area contributed by atoms with Crippen LogP contribution in [0.5, 0.6) is 0 Å². The molecule has 140 valence electrons. The fourth-order valence-corrected chi connectivity index (χ4v) is 3.81. The van der Waals surface area contributed by atoms with Gasteiger partial charge in [-0.1, -0.05) is 25.0 Å². The maximum Gasteiger partial charge on any atom is 0.267 e. The Balaban J connectivity index is 1.94. The van der Waals surface area contributed by atoms with E-state index in [2.05, 4.69) is 17.2 Å². The Morgan fingerprint density at radius 2 is 1.85 bits per heavy atom. The lowest BCUT2D eigenvalue weighted by molar-refractivity contribution is 0.505. The van der Waals surface area contributed by atoms with E-state index in [1.807, 2.05) is 42.8 Å². The summed E-state index contributed by atoms with van der Waals surface area (Å²) in [6, 6.07) is 9.55. The Hall–Kier alpha value is -2.69. The average molecular weight is 362 g/mol. The Kier molecular flexibility index (Phi) is 4.92. The summed E-state index contributed by atoms with van der Waals surface area (Å²) in [5, 5.41) is 9.59. The molecular formula is C22H26N4O. The molecule has 0 atom stereocenters. The first kappa shape index (κ1) is 17.7. The van der Waals surface area contributed by atoms with Crippen molar-refractivity contribution in [1.82, 2.24) is 19.4 Å². The zero-order valence-electron chi connectivity index (χ0n) is 16.1. The SMILES string of the molecule is CC(C)n1nc(-c2c(/C3=C/CCCCCC3)nn3ccccc23)ccc1=O. The summed E-state index contributed by atoms with van der Waals surface area (Å²) < 4.78 is 3.48. The third-order valence-corrected chi connectivity index (χ3v) is 5.21. The smallest absolute Gasteiger partial charge is 0.267 e. The Bertz CT molecular complexity index is 1040. The van der Waals surface area contributed by atoms with Gasteiger partial charge in [-0.3, -0.25) is 4.79 Å². The molecule has 0 spiro atoms. The van der Waals surface area contributed by atoms with Crippen molar-refractivity contribution in [2.45, 2.75) is 58.4 Å². The summed E-state index contributed by atoms with van der Waals surface area (Å²) in [6.45, 7) is 3.96. The van der Waals surface area contributed by atoms with E-state index in [1.165, 1.54) is 31.3 Å². The van der Waals surface area contributed by atoms with Gasteiger partial charge >= 0.3 is 0 Å². The van der Waals surface area contributed by atoms with Gasteiger partial charge < -0.3 is 0 Å². The molecule has 0 aliphatic heterocycles. The van der Waals surface area contributed by atoms with Crippen molar-refractivity contribution in [3.8, 4) is 11.3 Å². The van der Waals surface area contributed by atoms with E-state index in [1.54, 1.807) is 10.7 Å². The highest BCUT2D eigenvalue weighted by Crippen LogP contribution is 2.34. The summed E-state index contributed by atoms with van der Waals surface area (Å²) in [5.41, 5.74) is 5.09. The van der Waals surface area contributed by atoms with Gasteiger partial charge in [-0.25, -0.2) is 9.20 Å². The van der Waals surface area contributed by atoms with Crippen molar-refractivity contribution in [2.75, 3.05) is 0 Å². The lowest BCUT2D eigenvalue weighted by Gasteiger charge is -2.13. The third kappa shape index (κ3) is 3.46. The maximum atomic E-state index is 12.2. The predicted octanol–water partition coefficient (Wildman–Crippen LogP) is 4.88. The van der Waals surface area contributed by atoms with Crippen LogP contribution in [0.2, 0.25) is 0 Å². The van der Waals surface area contributed by atoms with Crippen LogP contribution in [0.3, 0.4) is 0 Å². The molecule has 3 aromatic heterocycles. The third-order valence-electron chi connectivity index (χ3n) is 5.21. The Labute approximate surface area is 159 Å². The molecule has 5 heteroatoms. The summed E-state index contributed by atoms with van der Waals surface area (Å²) in [7, 11) is 0. The first-order valence-electron chi connectivity index (χ1n) is 9.92. The second kappa shape index (κ2) is 7.51. The van der Waals surface area contributed by atoms with Crippen molar-refractivity contribution in [1.29, 1.82) is 0 Å². The van der Waals surface area contributed by atoms with E-state index in [0.29, 0.717) is 0 Å². The summed E-state index contributed by atoms with van der Waals surface area (Å²) in [5.74, 6) is 0. The average Bonchev–Trinajstić information content (AvgIpc) is 3.01. The molecule has 0 bridgehead atoms. The van der Waals surface area contributed by atoms with Crippen molar-refractivity contribution >= 4 is 11.1 Å². The fraction of sp³-hybridized carbons (Fsp3) is 0.409. The lowest BCUT2D eigenvalue weighted by Crippen LogP contribution is -2.24. The second-order valence-electron chi connectivity index (χ2n) is 7.53. The zero-order chi connectivity index (χ0) is 18.8. The van der Waals surface area contributed by atoms with Crippen LogP contribution in [0.1, 0.15) is 64.1 Å². The molecule has 0 N–H and O–H groups in total. The number of pyridine rings is 1. The molecule has 0 radical (unpaired) electrons. The highest BCUT2D eigenvalue weighted by atomic mass is 16.1. The molecule has 4 rings (SSSR count). The van der Waals surface area contributed by atoms with Gasteiger partial charge in [0.2, 0.25) is 0 Å². The van der Waals surface area contributed by atoms with Gasteiger partial charge in [-0.15, -0.1) is 0 Å². The second-order valence-corrected chi connectivity index (χ2v) is 7.53. The molecule has 3 aromatic rings. The molecule has 0 saturated heterocycles. The summed E-state index contributed by atoms with van der Waals surface area (Å²) in [6.07, 6.45) is 11.5. The fourth-order valence-electron chi connectivity index (χ4n) is 3.81. The quantitative estimate of drug-likeness (QED) is 0.667. The molecule has 5 nitrogen and oxygen atoms in total. The number of nitrogens with zero attached hydrogens (tertiary/aromatic N) is 4. The van der Waals surface area contributed by atoms with Gasteiger partial charge in [0.1, 0.15) is 0 Å². The van der Waals surface area contributed by atoms with Crippen molar-refractivity contribution in [3.63, 3.8) is 0 Å². The van der Waals surface area contributed by atoms with Crippen LogP contribution in [0.25, 0.3) is 22.3 Å². The molecule has 1 aliphatic rings. The van der Waals surface area contributed by atoms with Gasteiger partial charge in [-0.05, 0) is 63.3 Å². The normalized spacial score (nSPS) is 17.5. The van der Waals surface area contributed by atoms with E-state index in [-0.39, 0.29) is 11.6 Å². The van der Waals surface area contributed by atoms with Crippen LogP contribution in [0.15, 0.2) is 47.4 Å².